The molecule has 1 aliphatic heterocycles. The summed E-state index contributed by atoms with van der Waals surface area (Å²) in [4.78, 5) is 25.9. The molecule has 2 aromatic rings. The summed E-state index contributed by atoms with van der Waals surface area (Å²) in [6.45, 7) is 2.11. The minimum Gasteiger partial charge on any atom is -0.497 e. The van der Waals surface area contributed by atoms with Crippen molar-refractivity contribution in [3.8, 4) is 5.75 Å². The molecule has 26 heavy (non-hydrogen) atoms. The first kappa shape index (κ1) is 18.5. The van der Waals surface area contributed by atoms with Crippen LogP contribution >= 0.6 is 15.9 Å². The lowest BCUT2D eigenvalue weighted by molar-refractivity contribution is -0.128. The van der Waals surface area contributed by atoms with E-state index in [1.165, 1.54) is 4.90 Å². The van der Waals surface area contributed by atoms with Gasteiger partial charge in [0.2, 0.25) is 5.91 Å². The third-order valence-electron chi connectivity index (χ3n) is 4.61. The molecule has 1 heterocycles. The van der Waals surface area contributed by atoms with E-state index in [4.69, 9.17) is 9.47 Å². The third kappa shape index (κ3) is 3.60. The molecule has 2 amide bonds. The summed E-state index contributed by atoms with van der Waals surface area (Å²) in [6.07, 6.45) is -0.602. The van der Waals surface area contributed by atoms with Crippen molar-refractivity contribution in [2.24, 2.45) is 0 Å². The minimum absolute atomic E-state index is 0.127. The average Bonchev–Trinajstić information content (AvgIpc) is 3.08. The second kappa shape index (κ2) is 7.91. The van der Waals surface area contributed by atoms with Crippen molar-refractivity contribution in [2.45, 2.75) is 23.7 Å². The molecule has 1 saturated heterocycles. The summed E-state index contributed by atoms with van der Waals surface area (Å²) in [5, 5.41) is 0. The molecule has 1 aliphatic rings. The second-order valence-corrected chi connectivity index (χ2v) is 7.16. The Kier molecular flexibility index (Phi) is 5.61. The highest BCUT2D eigenvalue weighted by atomic mass is 79.9. The van der Waals surface area contributed by atoms with Crippen LogP contribution in [0.1, 0.15) is 30.0 Å². The number of nitrogens with zero attached hydrogens (tertiary/aromatic N) is 1. The molecule has 1 fully saturated rings. The largest absolute Gasteiger partial charge is 0.497 e. The Morgan fingerprint density at radius 3 is 2.46 bits per heavy atom. The molecule has 2 aromatic carbocycles. The van der Waals surface area contributed by atoms with Crippen LogP contribution in [0.15, 0.2) is 54.6 Å². The fraction of sp³-hybridized carbons (Fsp3) is 0.300. The van der Waals surface area contributed by atoms with Crippen molar-refractivity contribution in [1.82, 2.24) is 4.90 Å². The van der Waals surface area contributed by atoms with Gasteiger partial charge in [-0.25, -0.2) is 9.69 Å². The van der Waals surface area contributed by atoms with Gasteiger partial charge in [-0.05, 0) is 23.3 Å². The van der Waals surface area contributed by atoms with Crippen LogP contribution in [0.3, 0.4) is 0 Å². The van der Waals surface area contributed by atoms with Gasteiger partial charge in [0.25, 0.3) is 0 Å². The Bertz CT molecular complexity index is 778. The van der Waals surface area contributed by atoms with Crippen LogP contribution in [-0.2, 0) is 9.53 Å². The highest BCUT2D eigenvalue weighted by Gasteiger charge is 2.42. The number of ether oxygens (including phenoxy) is 2. The smallest absolute Gasteiger partial charge is 0.417 e. The number of imide groups is 1. The number of benzene rings is 2. The zero-order valence-corrected chi connectivity index (χ0v) is 16.2. The topological polar surface area (TPSA) is 55.8 Å². The van der Waals surface area contributed by atoms with E-state index in [-0.39, 0.29) is 18.4 Å². The Balaban J connectivity index is 1.80. The fourth-order valence-corrected chi connectivity index (χ4v) is 3.53. The first-order chi connectivity index (χ1) is 12.5. The summed E-state index contributed by atoms with van der Waals surface area (Å²) >= 11 is 3.49. The molecule has 0 N–H and O–H groups in total. The van der Waals surface area contributed by atoms with E-state index in [0.29, 0.717) is 0 Å². The molecule has 0 spiro atoms. The lowest BCUT2D eigenvalue weighted by Crippen LogP contribution is -2.40. The van der Waals surface area contributed by atoms with Crippen molar-refractivity contribution in [3.05, 3.63) is 65.7 Å². The molecule has 6 heteroatoms. The first-order valence-electron chi connectivity index (χ1n) is 8.35. The van der Waals surface area contributed by atoms with E-state index in [1.807, 2.05) is 61.5 Å². The summed E-state index contributed by atoms with van der Waals surface area (Å²) in [5.74, 6) is 0.327. The Morgan fingerprint density at radius 2 is 1.85 bits per heavy atom. The zero-order chi connectivity index (χ0) is 18.7. The summed E-state index contributed by atoms with van der Waals surface area (Å²) in [5.41, 5.74) is 1.85. The van der Waals surface area contributed by atoms with Gasteiger partial charge >= 0.3 is 6.09 Å². The van der Waals surface area contributed by atoms with Crippen molar-refractivity contribution in [2.75, 3.05) is 13.7 Å². The minimum atomic E-state index is -0.602. The van der Waals surface area contributed by atoms with Gasteiger partial charge in [-0.15, -0.1) is 0 Å². The number of hydrogen-bond acceptors (Lipinski definition) is 4. The normalized spacial score (nSPS) is 19.0. The van der Waals surface area contributed by atoms with Crippen LogP contribution in [0.2, 0.25) is 0 Å². The standard InChI is InChI=1S/C20H20BrNO4/c1-13(14-8-10-16(25-2)11-9-14)18(21)19(23)22-17(12-26-20(22)24)15-6-4-3-5-7-15/h3-11,13,17-18H,12H2,1-2H3/t13-,17+,18-/m1/s1. The van der Waals surface area contributed by atoms with Crippen molar-refractivity contribution >= 4 is 27.9 Å². The predicted octanol–water partition coefficient (Wildman–Crippen LogP) is 4.28. The van der Waals surface area contributed by atoms with E-state index >= 15 is 0 Å². The van der Waals surface area contributed by atoms with Gasteiger partial charge in [0, 0.05) is 5.92 Å². The number of rotatable bonds is 5. The zero-order valence-electron chi connectivity index (χ0n) is 14.6. The maximum atomic E-state index is 13.0. The Hall–Kier alpha value is -2.34. The van der Waals surface area contributed by atoms with E-state index in [0.717, 1.165) is 16.9 Å². The summed E-state index contributed by atoms with van der Waals surface area (Å²) < 4.78 is 10.3. The van der Waals surface area contributed by atoms with Crippen LogP contribution in [0.5, 0.6) is 5.75 Å². The molecule has 3 rings (SSSR count). The quantitative estimate of drug-likeness (QED) is 0.681. The van der Waals surface area contributed by atoms with Gasteiger partial charge in [-0.1, -0.05) is 65.3 Å². The number of hydrogen-bond donors (Lipinski definition) is 0. The SMILES string of the molecule is COc1ccc([C@@H](C)[C@@H](Br)C(=O)N2C(=O)OC[C@H]2c2ccccc2)cc1. The van der Waals surface area contributed by atoms with Gasteiger partial charge in [0.05, 0.1) is 7.11 Å². The number of carbonyl (C=O) groups is 2. The highest BCUT2D eigenvalue weighted by Crippen LogP contribution is 2.33. The maximum Gasteiger partial charge on any atom is 0.417 e. The molecule has 0 saturated carbocycles. The van der Waals surface area contributed by atoms with Crippen LogP contribution in [-0.4, -0.2) is 35.4 Å². The van der Waals surface area contributed by atoms with E-state index in [2.05, 4.69) is 15.9 Å². The number of amides is 2. The number of halogens is 1. The molecule has 0 bridgehead atoms. The monoisotopic (exact) mass is 417 g/mol. The second-order valence-electron chi connectivity index (χ2n) is 6.18. The fourth-order valence-electron chi connectivity index (χ4n) is 3.01. The van der Waals surface area contributed by atoms with E-state index < -0.39 is 17.0 Å². The number of alkyl halides is 1. The van der Waals surface area contributed by atoms with Crippen LogP contribution in [0.4, 0.5) is 4.79 Å². The summed E-state index contributed by atoms with van der Waals surface area (Å²) in [6, 6.07) is 16.6. The molecule has 0 aliphatic carbocycles. The maximum absolute atomic E-state index is 13.0. The molecule has 0 radical (unpaired) electrons. The molecule has 136 valence electrons. The first-order valence-corrected chi connectivity index (χ1v) is 9.27. The summed E-state index contributed by atoms with van der Waals surface area (Å²) in [7, 11) is 1.61. The van der Waals surface area contributed by atoms with Crippen molar-refractivity contribution in [3.63, 3.8) is 0 Å². The molecule has 3 atom stereocenters. The van der Waals surface area contributed by atoms with E-state index in [9.17, 15) is 9.59 Å². The van der Waals surface area contributed by atoms with Crippen LogP contribution in [0, 0.1) is 0 Å². The van der Waals surface area contributed by atoms with Gasteiger partial charge in [-0.2, -0.15) is 0 Å². The molecular weight excluding hydrogens is 398 g/mol. The van der Waals surface area contributed by atoms with Gasteiger partial charge in [0.15, 0.2) is 0 Å². The van der Waals surface area contributed by atoms with Crippen molar-refractivity contribution < 1.29 is 19.1 Å². The number of methoxy groups -OCH3 is 1. The van der Waals surface area contributed by atoms with Gasteiger partial charge in [-0.3, -0.25) is 4.79 Å². The number of carbonyl (C=O) groups excluding carboxylic acids is 2. The van der Waals surface area contributed by atoms with E-state index in [1.54, 1.807) is 7.11 Å². The third-order valence-corrected chi connectivity index (χ3v) is 5.80. The average molecular weight is 418 g/mol. The molecule has 5 nitrogen and oxygen atoms in total. The molecular formula is C20H20BrNO4. The number of cyclic esters (lactones) is 1. The lowest BCUT2D eigenvalue weighted by atomic mass is 9.96. The molecule has 0 aromatic heterocycles. The van der Waals surface area contributed by atoms with Crippen LogP contribution < -0.4 is 4.74 Å². The van der Waals surface area contributed by atoms with Crippen molar-refractivity contribution in [1.29, 1.82) is 0 Å². The van der Waals surface area contributed by atoms with Crippen LogP contribution in [0.25, 0.3) is 0 Å². The Labute approximate surface area is 161 Å². The van der Waals surface area contributed by atoms with Gasteiger partial charge < -0.3 is 9.47 Å². The highest BCUT2D eigenvalue weighted by molar-refractivity contribution is 9.10. The van der Waals surface area contributed by atoms with Gasteiger partial charge in [0.1, 0.15) is 23.2 Å². The lowest BCUT2D eigenvalue weighted by Gasteiger charge is -2.25. The Morgan fingerprint density at radius 1 is 1.19 bits per heavy atom. The molecule has 0 unspecified atom stereocenters. The predicted molar refractivity (Wildman–Crippen MR) is 102 cm³/mol.